The van der Waals surface area contributed by atoms with Crippen molar-refractivity contribution in [2.45, 2.75) is 46.0 Å². The Balaban J connectivity index is 0.00000145. The second-order valence-electron chi connectivity index (χ2n) is 7.69. The van der Waals surface area contributed by atoms with Crippen molar-refractivity contribution in [2.75, 3.05) is 0 Å². The summed E-state index contributed by atoms with van der Waals surface area (Å²) in [6.45, 7) is 7.96. The van der Waals surface area contributed by atoms with E-state index in [-0.39, 0.29) is 10.5 Å². The SMILES string of the molecule is CC.CC(C)(CCC(c1ccccc1)(c1ccccc1)c1ccccc1)C(=O)S. The molecule has 0 heterocycles. The third kappa shape index (κ3) is 5.19. The fourth-order valence-electron chi connectivity index (χ4n) is 3.71. The number of hydrogen-bond donors (Lipinski definition) is 1. The van der Waals surface area contributed by atoms with E-state index in [1.807, 2.05) is 45.9 Å². The molecule has 0 bridgehead atoms. The van der Waals surface area contributed by atoms with Gasteiger partial charge in [-0.25, -0.2) is 0 Å². The lowest BCUT2D eigenvalue weighted by Gasteiger charge is -2.38. The summed E-state index contributed by atoms with van der Waals surface area (Å²) in [5, 5.41) is -0.0643. The van der Waals surface area contributed by atoms with E-state index in [1.165, 1.54) is 16.7 Å². The molecule has 0 amide bonds. The van der Waals surface area contributed by atoms with Crippen LogP contribution in [-0.2, 0) is 10.2 Å². The lowest BCUT2D eigenvalue weighted by Crippen LogP contribution is -2.32. The first-order valence-electron chi connectivity index (χ1n) is 10.4. The number of carbonyl (C=O) groups is 1. The number of rotatable bonds is 7. The van der Waals surface area contributed by atoms with Gasteiger partial charge in [-0.1, -0.05) is 119 Å². The summed E-state index contributed by atoms with van der Waals surface area (Å²) < 4.78 is 0. The Morgan fingerprint density at radius 2 is 0.966 bits per heavy atom. The van der Waals surface area contributed by atoms with Crippen molar-refractivity contribution in [2.24, 2.45) is 5.41 Å². The molecular formula is C27H32OS. The van der Waals surface area contributed by atoms with Crippen molar-refractivity contribution >= 4 is 17.7 Å². The van der Waals surface area contributed by atoms with Crippen LogP contribution in [0.5, 0.6) is 0 Å². The average molecular weight is 405 g/mol. The first kappa shape index (κ1) is 23.0. The highest BCUT2D eigenvalue weighted by atomic mass is 32.1. The molecule has 0 spiro atoms. The van der Waals surface area contributed by atoms with E-state index in [2.05, 4.69) is 85.4 Å². The van der Waals surface area contributed by atoms with Gasteiger partial charge < -0.3 is 0 Å². The summed E-state index contributed by atoms with van der Waals surface area (Å²) in [5.41, 5.74) is 2.93. The second kappa shape index (κ2) is 10.5. The summed E-state index contributed by atoms with van der Waals surface area (Å²) in [6.07, 6.45) is 1.57. The van der Waals surface area contributed by atoms with Gasteiger partial charge in [0.1, 0.15) is 0 Å². The van der Waals surface area contributed by atoms with Crippen LogP contribution in [0.25, 0.3) is 0 Å². The zero-order valence-corrected chi connectivity index (χ0v) is 18.8. The predicted octanol–water partition coefficient (Wildman–Crippen LogP) is 7.31. The summed E-state index contributed by atoms with van der Waals surface area (Å²) in [7, 11) is 0. The Bertz CT molecular complexity index is 774. The second-order valence-corrected chi connectivity index (χ2v) is 8.10. The van der Waals surface area contributed by atoms with E-state index in [9.17, 15) is 4.79 Å². The van der Waals surface area contributed by atoms with Crippen molar-refractivity contribution in [3.8, 4) is 0 Å². The molecule has 152 valence electrons. The van der Waals surface area contributed by atoms with Crippen LogP contribution in [0.1, 0.15) is 57.2 Å². The molecule has 3 rings (SSSR count). The van der Waals surface area contributed by atoms with Gasteiger partial charge in [-0.15, -0.1) is 12.6 Å². The minimum atomic E-state index is -0.479. The van der Waals surface area contributed by atoms with Crippen LogP contribution in [0, 0.1) is 5.41 Å². The van der Waals surface area contributed by atoms with Gasteiger partial charge in [0.2, 0.25) is 0 Å². The molecule has 0 N–H and O–H groups in total. The third-order valence-electron chi connectivity index (χ3n) is 5.50. The summed E-state index contributed by atoms with van der Waals surface area (Å²) in [6, 6.07) is 31.8. The highest BCUT2D eigenvalue weighted by Crippen LogP contribution is 2.45. The molecule has 1 nitrogen and oxygen atoms in total. The van der Waals surface area contributed by atoms with Crippen LogP contribution in [-0.4, -0.2) is 5.12 Å². The fraction of sp³-hybridized carbons (Fsp3) is 0.296. The molecule has 3 aromatic rings. The fourth-order valence-corrected chi connectivity index (χ4v) is 3.82. The van der Waals surface area contributed by atoms with Gasteiger partial charge >= 0.3 is 0 Å². The largest absolute Gasteiger partial charge is 0.287 e. The van der Waals surface area contributed by atoms with Gasteiger partial charge in [-0.05, 0) is 29.5 Å². The Labute approximate surface area is 181 Å². The Hall–Kier alpha value is -2.32. The molecular weight excluding hydrogens is 372 g/mol. The minimum Gasteiger partial charge on any atom is -0.287 e. The van der Waals surface area contributed by atoms with Crippen molar-refractivity contribution in [3.63, 3.8) is 0 Å². The molecule has 2 heteroatoms. The number of thiol groups is 1. The van der Waals surface area contributed by atoms with E-state index in [0.29, 0.717) is 0 Å². The van der Waals surface area contributed by atoms with Gasteiger partial charge in [-0.3, -0.25) is 4.79 Å². The number of benzene rings is 3. The smallest absolute Gasteiger partial charge is 0.191 e. The molecule has 0 unspecified atom stereocenters. The normalized spacial score (nSPS) is 11.3. The number of hydrogen-bond acceptors (Lipinski definition) is 1. The lowest BCUT2D eigenvalue weighted by molar-refractivity contribution is -0.118. The Kier molecular flexibility index (Phi) is 8.28. The standard InChI is InChI=1S/C25H26OS.C2H6/c1-24(2,23(26)27)18-19-25(20-12-6-3-7-13-20,21-14-8-4-9-15-21)22-16-10-5-11-17-22;1-2/h3-17H,18-19H2,1-2H3,(H,26,27);1-2H3. The molecule has 29 heavy (non-hydrogen) atoms. The van der Waals surface area contributed by atoms with Crippen molar-refractivity contribution in [3.05, 3.63) is 108 Å². The van der Waals surface area contributed by atoms with Crippen molar-refractivity contribution in [1.82, 2.24) is 0 Å². The van der Waals surface area contributed by atoms with Gasteiger partial charge in [-0.2, -0.15) is 0 Å². The Morgan fingerprint density at radius 3 is 1.24 bits per heavy atom. The van der Waals surface area contributed by atoms with Crippen molar-refractivity contribution < 1.29 is 4.79 Å². The molecule has 0 saturated carbocycles. The Morgan fingerprint density at radius 1 is 0.655 bits per heavy atom. The first-order valence-corrected chi connectivity index (χ1v) is 10.8. The average Bonchev–Trinajstić information content (AvgIpc) is 2.78. The molecule has 3 aromatic carbocycles. The zero-order valence-electron chi connectivity index (χ0n) is 17.9. The summed E-state index contributed by atoms with van der Waals surface area (Å²) in [5.74, 6) is 0. The maximum atomic E-state index is 12.1. The van der Waals surface area contributed by atoms with Crippen LogP contribution in [0.15, 0.2) is 91.0 Å². The highest BCUT2D eigenvalue weighted by molar-refractivity contribution is 7.96. The molecule has 0 aromatic heterocycles. The number of carbonyl (C=O) groups excluding carboxylic acids is 1. The highest BCUT2D eigenvalue weighted by Gasteiger charge is 2.38. The van der Waals surface area contributed by atoms with Gasteiger partial charge in [0.05, 0.1) is 0 Å². The maximum absolute atomic E-state index is 12.1. The van der Waals surface area contributed by atoms with Gasteiger partial charge in [0.25, 0.3) is 0 Å². The van der Waals surface area contributed by atoms with Crippen LogP contribution >= 0.6 is 12.6 Å². The van der Waals surface area contributed by atoms with E-state index >= 15 is 0 Å². The van der Waals surface area contributed by atoms with Gasteiger partial charge in [0.15, 0.2) is 5.12 Å². The lowest BCUT2D eigenvalue weighted by atomic mass is 9.65. The van der Waals surface area contributed by atoms with E-state index in [0.717, 1.165) is 12.8 Å². The van der Waals surface area contributed by atoms with Gasteiger partial charge in [0, 0.05) is 10.8 Å². The quantitative estimate of drug-likeness (QED) is 0.323. The molecule has 0 aliphatic heterocycles. The molecule has 0 aliphatic carbocycles. The van der Waals surface area contributed by atoms with E-state index in [4.69, 9.17) is 0 Å². The third-order valence-corrected chi connectivity index (χ3v) is 6.11. The predicted molar refractivity (Wildman–Crippen MR) is 128 cm³/mol. The van der Waals surface area contributed by atoms with Crippen LogP contribution in [0.4, 0.5) is 0 Å². The van der Waals surface area contributed by atoms with Crippen LogP contribution < -0.4 is 0 Å². The van der Waals surface area contributed by atoms with Crippen molar-refractivity contribution in [1.29, 1.82) is 0 Å². The summed E-state index contributed by atoms with van der Waals surface area (Å²) in [4.78, 5) is 12.1. The maximum Gasteiger partial charge on any atom is 0.191 e. The molecule has 0 atom stereocenters. The first-order chi connectivity index (χ1) is 14.0. The van der Waals surface area contributed by atoms with Crippen LogP contribution in [0.2, 0.25) is 0 Å². The monoisotopic (exact) mass is 404 g/mol. The topological polar surface area (TPSA) is 17.1 Å². The summed E-state index contributed by atoms with van der Waals surface area (Å²) >= 11 is 4.13. The molecule has 0 radical (unpaired) electrons. The molecule has 0 saturated heterocycles. The van der Waals surface area contributed by atoms with E-state index < -0.39 is 5.41 Å². The van der Waals surface area contributed by atoms with Crippen LogP contribution in [0.3, 0.4) is 0 Å². The molecule has 0 aliphatic rings. The van der Waals surface area contributed by atoms with E-state index in [1.54, 1.807) is 0 Å². The minimum absolute atomic E-state index is 0.0643. The molecule has 0 fully saturated rings. The zero-order chi connectivity index (χ0) is 21.3.